The third-order valence-electron chi connectivity index (χ3n) is 3.83. The van der Waals surface area contributed by atoms with Crippen molar-refractivity contribution in [3.8, 4) is 0 Å². The van der Waals surface area contributed by atoms with Gasteiger partial charge in [0.25, 0.3) is 5.91 Å². The monoisotopic (exact) mass is 247 g/mol. The second-order valence-corrected chi connectivity index (χ2v) is 5.47. The highest BCUT2D eigenvalue weighted by Crippen LogP contribution is 2.30. The van der Waals surface area contributed by atoms with Crippen molar-refractivity contribution in [2.75, 3.05) is 6.54 Å². The average molecular weight is 247 g/mol. The van der Waals surface area contributed by atoms with Gasteiger partial charge in [-0.05, 0) is 44.9 Å². The molecule has 18 heavy (non-hydrogen) atoms. The van der Waals surface area contributed by atoms with Crippen LogP contribution in [0.15, 0.2) is 24.3 Å². The van der Waals surface area contributed by atoms with Crippen molar-refractivity contribution < 1.29 is 4.79 Å². The molecule has 1 amide bonds. The van der Waals surface area contributed by atoms with Gasteiger partial charge >= 0.3 is 0 Å². The van der Waals surface area contributed by atoms with E-state index in [1.165, 1.54) is 12.8 Å². The Labute approximate surface area is 108 Å². The Bertz CT molecular complexity index is 442. The maximum absolute atomic E-state index is 11.7. The highest BCUT2D eigenvalue weighted by molar-refractivity contribution is 5.95. The van der Waals surface area contributed by atoms with Crippen LogP contribution in [-0.2, 0) is 6.54 Å². The first-order chi connectivity index (χ1) is 8.54. The molecule has 1 heterocycles. The van der Waals surface area contributed by atoms with Crippen molar-refractivity contribution in [2.24, 2.45) is 5.84 Å². The van der Waals surface area contributed by atoms with E-state index in [4.69, 9.17) is 5.84 Å². The summed E-state index contributed by atoms with van der Waals surface area (Å²) in [5, 5.41) is 0. The lowest BCUT2D eigenvalue weighted by atomic mass is 10.0. The minimum Gasteiger partial charge on any atom is -0.294 e. The van der Waals surface area contributed by atoms with E-state index < -0.39 is 0 Å². The van der Waals surface area contributed by atoms with Crippen molar-refractivity contribution in [1.82, 2.24) is 10.3 Å². The minimum atomic E-state index is -0.220. The molecule has 0 spiro atoms. The van der Waals surface area contributed by atoms with Gasteiger partial charge in [-0.1, -0.05) is 18.2 Å². The van der Waals surface area contributed by atoms with E-state index in [2.05, 4.69) is 24.2 Å². The quantitative estimate of drug-likeness (QED) is 0.485. The van der Waals surface area contributed by atoms with Crippen molar-refractivity contribution in [3.63, 3.8) is 0 Å². The number of carbonyl (C=O) groups excluding carboxylic acids is 1. The molecule has 0 aromatic heterocycles. The highest BCUT2D eigenvalue weighted by atomic mass is 16.2. The number of hydrogen-bond donors (Lipinski definition) is 2. The van der Waals surface area contributed by atoms with Gasteiger partial charge in [0.05, 0.1) is 0 Å². The summed E-state index contributed by atoms with van der Waals surface area (Å²) in [6.45, 7) is 6.40. The Morgan fingerprint density at radius 1 is 1.44 bits per heavy atom. The molecule has 1 aromatic rings. The lowest BCUT2D eigenvalue weighted by molar-refractivity contribution is 0.0949. The lowest BCUT2D eigenvalue weighted by Gasteiger charge is -2.32. The predicted molar refractivity (Wildman–Crippen MR) is 71.8 cm³/mol. The van der Waals surface area contributed by atoms with Crippen LogP contribution >= 0.6 is 0 Å². The molecule has 1 aliphatic heterocycles. The smallest absolute Gasteiger partial charge is 0.265 e. The number of hydrazine groups is 1. The van der Waals surface area contributed by atoms with Crippen LogP contribution in [0.3, 0.4) is 0 Å². The summed E-state index contributed by atoms with van der Waals surface area (Å²) in [7, 11) is 0. The van der Waals surface area contributed by atoms with E-state index in [0.717, 1.165) is 18.7 Å². The zero-order chi connectivity index (χ0) is 13.2. The fourth-order valence-electron chi connectivity index (χ4n) is 2.62. The van der Waals surface area contributed by atoms with Crippen molar-refractivity contribution >= 4 is 5.91 Å². The van der Waals surface area contributed by atoms with Crippen LogP contribution in [0, 0.1) is 0 Å². The lowest BCUT2D eigenvalue weighted by Crippen LogP contribution is -2.38. The normalized spacial score (nSPS) is 18.8. The molecule has 1 fully saturated rings. The zero-order valence-corrected chi connectivity index (χ0v) is 11.1. The number of nitrogen functional groups attached to an aromatic ring is 1. The standard InChI is InChI=1S/C14H21N3O/c1-14(2)8-5-9-17(14)10-11-6-3-4-7-12(11)13(18)16-15/h3-4,6-7H,5,8-10,15H2,1-2H3,(H,16,18). The van der Waals surface area contributed by atoms with Crippen LogP contribution in [0.1, 0.15) is 42.6 Å². The SMILES string of the molecule is CC1(C)CCCN1Cc1ccccc1C(=O)NN. The Balaban J connectivity index is 2.21. The molecule has 0 atom stereocenters. The number of nitrogens with two attached hydrogens (primary N) is 1. The van der Waals surface area contributed by atoms with Crippen molar-refractivity contribution in [3.05, 3.63) is 35.4 Å². The van der Waals surface area contributed by atoms with Gasteiger partial charge in [0.2, 0.25) is 0 Å². The van der Waals surface area contributed by atoms with Gasteiger partial charge in [0, 0.05) is 17.6 Å². The Kier molecular flexibility index (Phi) is 3.68. The maximum atomic E-state index is 11.7. The van der Waals surface area contributed by atoms with Gasteiger partial charge in [-0.15, -0.1) is 0 Å². The van der Waals surface area contributed by atoms with Gasteiger partial charge in [-0.3, -0.25) is 15.1 Å². The van der Waals surface area contributed by atoms with E-state index in [1.807, 2.05) is 24.3 Å². The van der Waals surface area contributed by atoms with Crippen molar-refractivity contribution in [2.45, 2.75) is 38.8 Å². The summed E-state index contributed by atoms with van der Waals surface area (Å²) in [4.78, 5) is 14.1. The second kappa shape index (κ2) is 5.08. The summed E-state index contributed by atoms with van der Waals surface area (Å²) < 4.78 is 0. The average Bonchev–Trinajstić information content (AvgIpc) is 2.68. The second-order valence-electron chi connectivity index (χ2n) is 5.47. The molecule has 3 N–H and O–H groups in total. The molecule has 1 aliphatic rings. The summed E-state index contributed by atoms with van der Waals surface area (Å²) in [5.74, 6) is 5.00. The first kappa shape index (κ1) is 13.1. The summed E-state index contributed by atoms with van der Waals surface area (Å²) in [6.07, 6.45) is 2.43. The Hall–Kier alpha value is -1.39. The molecule has 1 aromatic carbocycles. The number of rotatable bonds is 3. The molecule has 0 unspecified atom stereocenters. The fourth-order valence-corrected chi connectivity index (χ4v) is 2.62. The van der Waals surface area contributed by atoms with Crippen LogP contribution in [0.5, 0.6) is 0 Å². The number of likely N-dealkylation sites (tertiary alicyclic amines) is 1. The summed E-state index contributed by atoms with van der Waals surface area (Å²) in [6, 6.07) is 7.65. The van der Waals surface area contributed by atoms with E-state index in [9.17, 15) is 4.79 Å². The number of benzene rings is 1. The molecule has 0 saturated carbocycles. The summed E-state index contributed by atoms with van der Waals surface area (Å²) in [5.41, 5.74) is 4.13. The number of hydrogen-bond acceptors (Lipinski definition) is 3. The molecule has 4 nitrogen and oxygen atoms in total. The van der Waals surface area contributed by atoms with Gasteiger partial charge in [-0.2, -0.15) is 0 Å². The minimum absolute atomic E-state index is 0.215. The molecule has 0 radical (unpaired) electrons. The van der Waals surface area contributed by atoms with E-state index in [0.29, 0.717) is 5.56 Å². The van der Waals surface area contributed by atoms with Gasteiger partial charge in [0.15, 0.2) is 0 Å². The molecule has 4 heteroatoms. The topological polar surface area (TPSA) is 58.4 Å². The molecule has 0 bridgehead atoms. The molecule has 98 valence electrons. The zero-order valence-electron chi connectivity index (χ0n) is 11.1. The van der Waals surface area contributed by atoms with Crippen LogP contribution in [0.25, 0.3) is 0 Å². The van der Waals surface area contributed by atoms with Gasteiger partial charge in [0.1, 0.15) is 0 Å². The van der Waals surface area contributed by atoms with Crippen LogP contribution in [0.2, 0.25) is 0 Å². The number of nitrogens with zero attached hydrogens (tertiary/aromatic N) is 1. The molecule has 0 aliphatic carbocycles. The predicted octanol–water partition coefficient (Wildman–Crippen LogP) is 1.66. The highest BCUT2D eigenvalue weighted by Gasteiger charge is 2.32. The number of carbonyl (C=O) groups is 1. The molecular weight excluding hydrogens is 226 g/mol. The van der Waals surface area contributed by atoms with Crippen LogP contribution in [0.4, 0.5) is 0 Å². The first-order valence-electron chi connectivity index (χ1n) is 6.38. The Morgan fingerprint density at radius 3 is 2.78 bits per heavy atom. The largest absolute Gasteiger partial charge is 0.294 e. The van der Waals surface area contributed by atoms with Gasteiger partial charge in [-0.25, -0.2) is 5.84 Å². The first-order valence-corrected chi connectivity index (χ1v) is 6.38. The van der Waals surface area contributed by atoms with E-state index in [1.54, 1.807) is 0 Å². The summed E-state index contributed by atoms with van der Waals surface area (Å²) >= 11 is 0. The molecule has 2 rings (SSSR count). The molecule has 1 saturated heterocycles. The van der Waals surface area contributed by atoms with Crippen LogP contribution < -0.4 is 11.3 Å². The van der Waals surface area contributed by atoms with E-state index >= 15 is 0 Å². The fraction of sp³-hybridized carbons (Fsp3) is 0.500. The van der Waals surface area contributed by atoms with Crippen molar-refractivity contribution in [1.29, 1.82) is 0 Å². The third kappa shape index (κ3) is 2.54. The molecular formula is C14H21N3O. The number of amides is 1. The van der Waals surface area contributed by atoms with Crippen LogP contribution in [-0.4, -0.2) is 22.9 Å². The number of nitrogens with one attached hydrogen (secondary N) is 1. The maximum Gasteiger partial charge on any atom is 0.265 e. The van der Waals surface area contributed by atoms with E-state index in [-0.39, 0.29) is 11.4 Å². The third-order valence-corrected chi connectivity index (χ3v) is 3.83. The van der Waals surface area contributed by atoms with Gasteiger partial charge < -0.3 is 0 Å². The Morgan fingerprint density at radius 2 is 2.17 bits per heavy atom.